The van der Waals surface area contributed by atoms with Crippen LogP contribution in [0.3, 0.4) is 0 Å². The second-order valence-corrected chi connectivity index (χ2v) is 1.83. The molecule has 0 aromatic heterocycles. The highest BCUT2D eigenvalue weighted by Gasteiger charge is 2.25. The number of quaternary nitrogens is 1. The normalized spacial score (nSPS) is 23.1. The summed E-state index contributed by atoms with van der Waals surface area (Å²) in [7, 11) is 0. The molecule has 1 aliphatic heterocycles. The maximum atomic E-state index is 10.7. The Hall–Kier alpha value is -0.770. The number of nitrogens with zero attached hydrogens (tertiary/aromatic N) is 4. The first-order chi connectivity index (χ1) is 3.77. The maximum Gasteiger partial charge on any atom is 0.114 e. The molecule has 1 saturated heterocycles. The summed E-state index contributed by atoms with van der Waals surface area (Å²) < 4.78 is -0.698. The predicted molar refractivity (Wildman–Crippen MR) is 27.1 cm³/mol. The van der Waals surface area contributed by atoms with Crippen LogP contribution in [0.15, 0.2) is 5.22 Å². The monoisotopic (exact) mass is 114 g/mol. The molecule has 0 aliphatic carbocycles. The Bertz CT molecular complexity index is 134. The van der Waals surface area contributed by atoms with Gasteiger partial charge in [0.25, 0.3) is 0 Å². The van der Waals surface area contributed by atoms with Crippen LogP contribution in [0.2, 0.25) is 0 Å². The van der Waals surface area contributed by atoms with E-state index in [9.17, 15) is 5.21 Å². The number of hydrogen-bond acceptors (Lipinski definition) is 2. The van der Waals surface area contributed by atoms with E-state index in [0.717, 1.165) is 6.42 Å². The minimum absolute atomic E-state index is 0.448. The molecule has 0 bridgehead atoms. The van der Waals surface area contributed by atoms with E-state index in [2.05, 4.69) is 10.1 Å². The Kier molecular flexibility index (Phi) is 1.09. The minimum atomic E-state index is -0.698. The molecule has 1 rings (SSSR count). The fraction of sp³-hybridized carbons (Fsp3) is 1.00. The largest absolute Gasteiger partial charge is 0.617 e. The first-order valence-electron chi connectivity index (χ1n) is 2.42. The lowest BCUT2D eigenvalue weighted by Gasteiger charge is -2.41. The third kappa shape index (κ3) is 0.742. The van der Waals surface area contributed by atoms with Gasteiger partial charge < -0.3 is 5.21 Å². The molecule has 1 heterocycles. The van der Waals surface area contributed by atoms with Crippen molar-refractivity contribution in [2.45, 2.75) is 6.42 Å². The van der Waals surface area contributed by atoms with Gasteiger partial charge in [-0.05, 0) is 0 Å². The van der Waals surface area contributed by atoms with E-state index in [1.165, 1.54) is 0 Å². The Labute approximate surface area is 46.3 Å². The average molecular weight is 114 g/mol. The molecule has 0 N–H and O–H groups in total. The molecule has 0 saturated carbocycles. The van der Waals surface area contributed by atoms with Gasteiger partial charge in [-0.25, -0.2) is 4.76 Å². The van der Waals surface area contributed by atoms with Crippen LogP contribution in [-0.2, 0) is 0 Å². The third-order valence-corrected chi connectivity index (χ3v) is 1.22. The molecule has 0 amide bonds. The van der Waals surface area contributed by atoms with Crippen LogP contribution < -0.4 is 0 Å². The van der Waals surface area contributed by atoms with Gasteiger partial charge in [0, 0.05) is 12.0 Å². The molecule has 5 heteroatoms. The fourth-order valence-electron chi connectivity index (χ4n) is 0.591. The minimum Gasteiger partial charge on any atom is -0.617 e. The lowest BCUT2D eigenvalue weighted by molar-refractivity contribution is -0.926. The van der Waals surface area contributed by atoms with E-state index in [-0.39, 0.29) is 0 Å². The first kappa shape index (κ1) is 5.37. The highest BCUT2D eigenvalue weighted by Crippen LogP contribution is 2.17. The van der Waals surface area contributed by atoms with Gasteiger partial charge in [0.2, 0.25) is 0 Å². The molecular formula is C3H6N4O. The van der Waals surface area contributed by atoms with Crippen LogP contribution in [0.4, 0.5) is 0 Å². The molecule has 0 spiro atoms. The molecule has 1 aliphatic rings. The van der Waals surface area contributed by atoms with Gasteiger partial charge in [-0.2, -0.15) is 0 Å². The van der Waals surface area contributed by atoms with Crippen LogP contribution in [0.25, 0.3) is 10.4 Å². The Balaban J connectivity index is 2.53. The zero-order valence-corrected chi connectivity index (χ0v) is 4.32. The second kappa shape index (κ2) is 1.63. The predicted octanol–water partition coefficient (Wildman–Crippen LogP) is 0.930. The van der Waals surface area contributed by atoms with E-state index in [4.69, 9.17) is 5.53 Å². The van der Waals surface area contributed by atoms with Crippen LogP contribution in [0, 0.1) is 5.21 Å². The zero-order valence-electron chi connectivity index (χ0n) is 4.32. The summed E-state index contributed by atoms with van der Waals surface area (Å²) in [6.07, 6.45) is 0.878. The third-order valence-electron chi connectivity index (χ3n) is 1.22. The van der Waals surface area contributed by atoms with Crippen molar-refractivity contribution in [2.75, 3.05) is 13.1 Å². The summed E-state index contributed by atoms with van der Waals surface area (Å²) in [5.41, 5.74) is 7.81. The van der Waals surface area contributed by atoms with Crippen molar-refractivity contribution in [1.29, 1.82) is 0 Å². The summed E-state index contributed by atoms with van der Waals surface area (Å²) in [5, 5.41) is 13.7. The standard InChI is InChI=1S/C3H6N4O/c4-5-6-7(8)2-1-3-7/h1-3H2. The lowest BCUT2D eigenvalue weighted by atomic mass is 10.3. The van der Waals surface area contributed by atoms with Crippen molar-refractivity contribution in [3.8, 4) is 0 Å². The van der Waals surface area contributed by atoms with Crippen LogP contribution in [0.5, 0.6) is 0 Å². The molecule has 0 unspecified atom stereocenters. The number of rotatable bonds is 1. The molecule has 1 fully saturated rings. The molecule has 0 aromatic rings. The molecule has 0 radical (unpaired) electrons. The Morgan fingerprint density at radius 2 is 2.25 bits per heavy atom. The van der Waals surface area contributed by atoms with Gasteiger partial charge in [0.15, 0.2) is 0 Å². The highest BCUT2D eigenvalue weighted by atomic mass is 16.6. The van der Waals surface area contributed by atoms with Crippen molar-refractivity contribution in [3.05, 3.63) is 15.7 Å². The molecule has 5 nitrogen and oxygen atoms in total. The van der Waals surface area contributed by atoms with Crippen molar-refractivity contribution >= 4 is 0 Å². The molecule has 0 atom stereocenters. The van der Waals surface area contributed by atoms with Crippen LogP contribution in [-0.4, -0.2) is 17.8 Å². The van der Waals surface area contributed by atoms with Gasteiger partial charge in [-0.3, -0.25) is 0 Å². The summed E-state index contributed by atoms with van der Waals surface area (Å²) >= 11 is 0. The van der Waals surface area contributed by atoms with Crippen molar-refractivity contribution < 1.29 is 4.76 Å². The summed E-state index contributed by atoms with van der Waals surface area (Å²) in [6, 6.07) is 0. The van der Waals surface area contributed by atoms with E-state index in [1.807, 2.05) is 0 Å². The topological polar surface area (TPSA) is 71.8 Å². The van der Waals surface area contributed by atoms with Crippen molar-refractivity contribution in [3.63, 3.8) is 0 Å². The first-order valence-corrected chi connectivity index (χ1v) is 2.42. The van der Waals surface area contributed by atoms with E-state index >= 15 is 0 Å². The summed E-state index contributed by atoms with van der Waals surface area (Å²) in [6.45, 7) is 0.897. The van der Waals surface area contributed by atoms with Crippen LogP contribution >= 0.6 is 0 Å². The zero-order chi connectivity index (χ0) is 6.04. The smallest absolute Gasteiger partial charge is 0.114 e. The number of hydrogen-bond donors (Lipinski definition) is 0. The Morgan fingerprint density at radius 1 is 1.62 bits per heavy atom. The van der Waals surface area contributed by atoms with Crippen molar-refractivity contribution in [1.82, 2.24) is 0 Å². The highest BCUT2D eigenvalue weighted by molar-refractivity contribution is 4.51. The van der Waals surface area contributed by atoms with Gasteiger partial charge in [-0.1, -0.05) is 0 Å². The lowest BCUT2D eigenvalue weighted by Crippen LogP contribution is -2.47. The number of hydroxylamine groups is 2. The second-order valence-electron chi connectivity index (χ2n) is 1.83. The van der Waals surface area contributed by atoms with Gasteiger partial charge >= 0.3 is 0 Å². The van der Waals surface area contributed by atoms with E-state index in [1.54, 1.807) is 0 Å². The van der Waals surface area contributed by atoms with E-state index < -0.39 is 4.76 Å². The van der Waals surface area contributed by atoms with Gasteiger partial charge in [0.05, 0.1) is 18.0 Å². The van der Waals surface area contributed by atoms with Gasteiger partial charge in [0.1, 0.15) is 5.22 Å². The van der Waals surface area contributed by atoms with Crippen molar-refractivity contribution in [2.24, 2.45) is 5.22 Å². The van der Waals surface area contributed by atoms with Gasteiger partial charge in [-0.15, -0.1) is 0 Å². The molecule has 8 heavy (non-hydrogen) atoms. The number of azide groups is 1. The quantitative estimate of drug-likeness (QED) is 0.164. The molecule has 44 valence electrons. The fourth-order valence-corrected chi connectivity index (χ4v) is 0.591. The van der Waals surface area contributed by atoms with E-state index in [0.29, 0.717) is 13.1 Å². The summed E-state index contributed by atoms with van der Waals surface area (Å²) in [4.78, 5) is 2.41. The summed E-state index contributed by atoms with van der Waals surface area (Å²) in [5.74, 6) is 0. The maximum absolute atomic E-state index is 10.7. The van der Waals surface area contributed by atoms with Crippen LogP contribution in [0.1, 0.15) is 6.42 Å². The SMILES string of the molecule is [N-]=[N+]=N[N+]1([O-])CCC1. The molecule has 0 aromatic carbocycles. The molecular weight excluding hydrogens is 108 g/mol. The average Bonchev–Trinajstić information content (AvgIpc) is 1.64. The Morgan fingerprint density at radius 3 is 2.38 bits per heavy atom.